The van der Waals surface area contributed by atoms with Crippen LogP contribution in [0.3, 0.4) is 0 Å². The third kappa shape index (κ3) is 2.68. The second-order valence-corrected chi connectivity index (χ2v) is 6.41. The molecule has 0 saturated heterocycles. The van der Waals surface area contributed by atoms with E-state index in [9.17, 15) is 18.0 Å². The van der Waals surface area contributed by atoms with Gasteiger partial charge in [0.15, 0.2) is 0 Å². The second-order valence-electron chi connectivity index (χ2n) is 3.85. The summed E-state index contributed by atoms with van der Waals surface area (Å²) in [7, 11) is 1.29. The lowest BCUT2D eigenvalue weighted by Crippen LogP contribution is -2.30. The predicted octanol–water partition coefficient (Wildman–Crippen LogP) is 1.44. The summed E-state index contributed by atoms with van der Waals surface area (Å²) < 4.78 is 28.0. The average molecular weight is 316 g/mol. The van der Waals surface area contributed by atoms with Crippen LogP contribution < -0.4 is 9.64 Å². The molecule has 1 heterocycles. The molecule has 0 unspecified atom stereocenters. The minimum absolute atomic E-state index is 0.0496. The molecule has 0 fully saturated rings. The number of anilines is 1. The van der Waals surface area contributed by atoms with E-state index >= 15 is 0 Å². The number of ether oxygens (including phenoxy) is 1. The van der Waals surface area contributed by atoms with Gasteiger partial charge in [0.25, 0.3) is 20.9 Å². The standard InChI is InChI=1S/C12H10ClNO5S/c1-2-19-10-4-3-8(20(13,17)18)7-9(10)14-11(15)5-6-12(14)16/h3-7H,2H2,1H3. The summed E-state index contributed by atoms with van der Waals surface area (Å²) in [4.78, 5) is 24.0. The number of imide groups is 1. The van der Waals surface area contributed by atoms with Gasteiger partial charge in [-0.15, -0.1) is 0 Å². The van der Waals surface area contributed by atoms with Crippen molar-refractivity contribution in [1.82, 2.24) is 0 Å². The van der Waals surface area contributed by atoms with Crippen LogP contribution in [0.1, 0.15) is 6.92 Å². The summed E-state index contributed by atoms with van der Waals surface area (Å²) in [5, 5.41) is 0. The average Bonchev–Trinajstić information content (AvgIpc) is 2.69. The molecular formula is C12H10ClNO5S. The van der Waals surface area contributed by atoms with Crippen LogP contribution in [0, 0.1) is 0 Å². The Bertz CT molecular complexity index is 693. The molecule has 20 heavy (non-hydrogen) atoms. The number of benzene rings is 1. The molecule has 8 heteroatoms. The van der Waals surface area contributed by atoms with Gasteiger partial charge in [-0.25, -0.2) is 13.3 Å². The minimum Gasteiger partial charge on any atom is -0.492 e. The summed E-state index contributed by atoms with van der Waals surface area (Å²) >= 11 is 0. The Morgan fingerprint density at radius 3 is 2.30 bits per heavy atom. The third-order valence-electron chi connectivity index (χ3n) is 2.56. The highest BCUT2D eigenvalue weighted by Crippen LogP contribution is 2.34. The first kappa shape index (κ1) is 14.5. The van der Waals surface area contributed by atoms with E-state index in [4.69, 9.17) is 15.4 Å². The predicted molar refractivity (Wildman–Crippen MR) is 72.3 cm³/mol. The number of hydrogen-bond acceptors (Lipinski definition) is 5. The molecule has 0 bridgehead atoms. The largest absolute Gasteiger partial charge is 0.492 e. The van der Waals surface area contributed by atoms with E-state index < -0.39 is 20.9 Å². The van der Waals surface area contributed by atoms with Gasteiger partial charge in [-0.3, -0.25) is 9.59 Å². The van der Waals surface area contributed by atoms with Gasteiger partial charge in [0, 0.05) is 22.8 Å². The van der Waals surface area contributed by atoms with Crippen molar-refractivity contribution in [2.45, 2.75) is 11.8 Å². The molecule has 106 valence electrons. The van der Waals surface area contributed by atoms with Gasteiger partial charge < -0.3 is 4.74 Å². The number of amides is 2. The molecule has 0 N–H and O–H groups in total. The fourth-order valence-corrected chi connectivity index (χ4v) is 2.51. The van der Waals surface area contributed by atoms with Crippen molar-refractivity contribution >= 4 is 37.2 Å². The van der Waals surface area contributed by atoms with E-state index in [1.807, 2.05) is 0 Å². The molecule has 1 aliphatic heterocycles. The van der Waals surface area contributed by atoms with Gasteiger partial charge in [0.1, 0.15) is 5.75 Å². The van der Waals surface area contributed by atoms with Crippen molar-refractivity contribution in [2.24, 2.45) is 0 Å². The van der Waals surface area contributed by atoms with Crippen molar-refractivity contribution < 1.29 is 22.7 Å². The molecule has 0 atom stereocenters. The Kier molecular flexibility index (Phi) is 3.82. The van der Waals surface area contributed by atoms with Gasteiger partial charge in [-0.1, -0.05) is 0 Å². The lowest BCUT2D eigenvalue weighted by atomic mass is 10.2. The zero-order valence-electron chi connectivity index (χ0n) is 10.4. The monoisotopic (exact) mass is 315 g/mol. The van der Waals surface area contributed by atoms with Gasteiger partial charge in [-0.2, -0.15) is 0 Å². The van der Waals surface area contributed by atoms with Crippen molar-refractivity contribution in [3.63, 3.8) is 0 Å². The highest BCUT2D eigenvalue weighted by atomic mass is 35.7. The van der Waals surface area contributed by atoms with E-state index in [0.29, 0.717) is 6.61 Å². The number of nitrogens with zero attached hydrogens (tertiary/aromatic N) is 1. The first-order valence-electron chi connectivity index (χ1n) is 5.62. The fourth-order valence-electron chi connectivity index (χ4n) is 1.74. The SMILES string of the molecule is CCOc1ccc(S(=O)(=O)Cl)cc1N1C(=O)C=CC1=O. The molecular weight excluding hydrogens is 306 g/mol. The molecule has 0 spiro atoms. The smallest absolute Gasteiger partial charge is 0.261 e. The number of carbonyl (C=O) groups is 2. The van der Waals surface area contributed by atoms with Crippen LogP contribution in [-0.2, 0) is 18.6 Å². The topological polar surface area (TPSA) is 80.8 Å². The molecule has 2 rings (SSSR count). The van der Waals surface area contributed by atoms with Gasteiger partial charge >= 0.3 is 0 Å². The van der Waals surface area contributed by atoms with Gasteiger partial charge in [0.2, 0.25) is 0 Å². The lowest BCUT2D eigenvalue weighted by molar-refractivity contribution is -0.120. The quantitative estimate of drug-likeness (QED) is 0.620. The highest BCUT2D eigenvalue weighted by molar-refractivity contribution is 8.13. The van der Waals surface area contributed by atoms with Crippen LogP contribution in [0.2, 0.25) is 0 Å². The summed E-state index contributed by atoms with van der Waals surface area (Å²) in [6, 6.07) is 3.73. The molecule has 0 aliphatic carbocycles. The number of rotatable bonds is 4. The maximum absolute atomic E-state index is 11.7. The molecule has 0 aromatic heterocycles. The van der Waals surface area contributed by atoms with E-state index in [1.54, 1.807) is 6.92 Å². The number of carbonyl (C=O) groups excluding carboxylic acids is 2. The zero-order chi connectivity index (χ0) is 14.9. The summed E-state index contributed by atoms with van der Waals surface area (Å²) in [5.41, 5.74) is 0.0496. The summed E-state index contributed by atoms with van der Waals surface area (Å²) in [6.07, 6.45) is 2.19. The first-order valence-corrected chi connectivity index (χ1v) is 7.93. The van der Waals surface area contributed by atoms with E-state index in [1.165, 1.54) is 12.1 Å². The van der Waals surface area contributed by atoms with Crippen LogP contribution in [0.5, 0.6) is 5.75 Å². The van der Waals surface area contributed by atoms with Gasteiger partial charge in [-0.05, 0) is 25.1 Å². The van der Waals surface area contributed by atoms with Crippen LogP contribution in [0.25, 0.3) is 0 Å². The normalized spacial score (nSPS) is 15.0. The van der Waals surface area contributed by atoms with Gasteiger partial charge in [0.05, 0.1) is 17.2 Å². The molecule has 2 amide bonds. The maximum Gasteiger partial charge on any atom is 0.261 e. The van der Waals surface area contributed by atoms with E-state index in [-0.39, 0.29) is 16.3 Å². The van der Waals surface area contributed by atoms with E-state index in [2.05, 4.69) is 0 Å². The Morgan fingerprint density at radius 1 is 1.20 bits per heavy atom. The Balaban J connectivity index is 2.59. The van der Waals surface area contributed by atoms with Crippen LogP contribution >= 0.6 is 10.7 Å². The van der Waals surface area contributed by atoms with Crippen molar-refractivity contribution in [1.29, 1.82) is 0 Å². The third-order valence-corrected chi connectivity index (χ3v) is 3.91. The molecule has 1 aromatic rings. The zero-order valence-corrected chi connectivity index (χ0v) is 11.9. The maximum atomic E-state index is 11.7. The van der Waals surface area contributed by atoms with Crippen molar-refractivity contribution in [3.05, 3.63) is 30.4 Å². The molecule has 0 saturated carbocycles. The van der Waals surface area contributed by atoms with Crippen LogP contribution in [-0.4, -0.2) is 26.8 Å². The summed E-state index contributed by atoms with van der Waals surface area (Å²) in [6.45, 7) is 2.02. The Hall–Kier alpha value is -1.86. The van der Waals surface area contributed by atoms with Crippen molar-refractivity contribution in [3.8, 4) is 5.75 Å². The van der Waals surface area contributed by atoms with Crippen LogP contribution in [0.4, 0.5) is 5.69 Å². The summed E-state index contributed by atoms with van der Waals surface area (Å²) in [5.74, 6) is -0.915. The first-order chi connectivity index (χ1) is 9.34. The molecule has 6 nitrogen and oxygen atoms in total. The number of halogens is 1. The highest BCUT2D eigenvalue weighted by Gasteiger charge is 2.29. The van der Waals surface area contributed by atoms with Crippen molar-refractivity contribution in [2.75, 3.05) is 11.5 Å². The van der Waals surface area contributed by atoms with E-state index in [0.717, 1.165) is 23.1 Å². The second kappa shape index (κ2) is 5.26. The number of hydrogen-bond donors (Lipinski definition) is 0. The Morgan fingerprint density at radius 2 is 1.80 bits per heavy atom. The fraction of sp³-hybridized carbons (Fsp3) is 0.167. The molecule has 1 aromatic carbocycles. The lowest BCUT2D eigenvalue weighted by Gasteiger charge is -2.18. The minimum atomic E-state index is -3.97. The van der Waals surface area contributed by atoms with Crippen LogP contribution in [0.15, 0.2) is 35.2 Å². The molecule has 0 radical (unpaired) electrons. The Labute approximate surface area is 120 Å². The molecule has 1 aliphatic rings.